The highest BCUT2D eigenvalue weighted by Crippen LogP contribution is 2.58. The van der Waals surface area contributed by atoms with E-state index in [0.717, 1.165) is 92.9 Å². The molecule has 10 rings (SSSR count). The lowest BCUT2D eigenvalue weighted by Crippen LogP contribution is -2.40. The highest BCUT2D eigenvalue weighted by Gasteiger charge is 2.48. The minimum atomic E-state index is -0.310. The van der Waals surface area contributed by atoms with Crippen molar-refractivity contribution in [1.82, 2.24) is 25.0 Å². The van der Waals surface area contributed by atoms with Gasteiger partial charge in [0, 0.05) is 35.6 Å². The summed E-state index contributed by atoms with van der Waals surface area (Å²) in [6.45, 7) is 3.94. The third-order valence-electron chi connectivity index (χ3n) is 11.6. The topological polar surface area (TPSA) is 98.1 Å². The van der Waals surface area contributed by atoms with E-state index in [-0.39, 0.29) is 5.97 Å². The fourth-order valence-corrected chi connectivity index (χ4v) is 10.7. The molecule has 0 amide bonds. The molecule has 5 aromatic rings. The van der Waals surface area contributed by atoms with E-state index in [4.69, 9.17) is 9.84 Å². The number of nitrogens with one attached hydrogen (secondary N) is 1. The van der Waals surface area contributed by atoms with E-state index in [9.17, 15) is 4.79 Å². The Kier molecular flexibility index (Phi) is 7.25. The molecule has 4 bridgehead atoms. The van der Waals surface area contributed by atoms with Gasteiger partial charge in [-0.3, -0.25) is 4.68 Å². The first-order valence-corrected chi connectivity index (χ1v) is 18.3. The highest BCUT2D eigenvalue weighted by molar-refractivity contribution is 7.22. The zero-order valence-electron chi connectivity index (χ0n) is 27.6. The van der Waals surface area contributed by atoms with Gasteiger partial charge in [0.05, 0.1) is 29.1 Å². The summed E-state index contributed by atoms with van der Waals surface area (Å²) >= 11 is 1.59. The van der Waals surface area contributed by atoms with E-state index in [2.05, 4.69) is 55.2 Å². The van der Waals surface area contributed by atoms with Gasteiger partial charge in [-0.25, -0.2) is 9.78 Å². The van der Waals surface area contributed by atoms with Crippen molar-refractivity contribution in [3.05, 3.63) is 71.5 Å². The Hall–Kier alpha value is -4.31. The van der Waals surface area contributed by atoms with Crippen molar-refractivity contribution in [3.8, 4) is 11.1 Å². The van der Waals surface area contributed by atoms with Gasteiger partial charge in [-0.05, 0) is 111 Å². The Balaban J connectivity index is 1.01. The number of carbonyl (C=O) groups excluding carboxylic acids is 1. The van der Waals surface area contributed by atoms with Gasteiger partial charge in [-0.2, -0.15) is 5.10 Å². The number of methoxy groups -OCH3 is 1. The molecule has 0 spiro atoms. The van der Waals surface area contributed by atoms with Crippen LogP contribution in [0, 0.1) is 30.1 Å². The number of benzene rings is 2. The average molecular weight is 660 g/mol. The number of nitrogens with zero attached hydrogens (tertiary/aromatic N) is 6. The lowest BCUT2D eigenvalue weighted by atomic mass is 9.58. The van der Waals surface area contributed by atoms with E-state index < -0.39 is 0 Å². The second-order valence-corrected chi connectivity index (χ2v) is 15.7. The quantitative estimate of drug-likeness (QED) is 0.174. The Bertz CT molecular complexity index is 1970. The van der Waals surface area contributed by atoms with Crippen LogP contribution >= 0.6 is 11.3 Å². The molecule has 2 unspecified atom stereocenters. The normalized spacial score (nSPS) is 24.5. The number of fused-ring (bicyclic) bond motifs is 3. The zero-order valence-corrected chi connectivity index (χ0v) is 28.4. The van der Waals surface area contributed by atoms with Crippen LogP contribution in [0.25, 0.3) is 21.3 Å². The van der Waals surface area contributed by atoms with Crippen LogP contribution < -0.4 is 10.2 Å². The molecule has 4 fully saturated rings. The lowest BCUT2D eigenvalue weighted by molar-refractivity contribution is 0.0169. The molecule has 1 N–H and O–H groups in total. The minimum Gasteiger partial charge on any atom is -0.465 e. The maximum atomic E-state index is 13.6. The van der Waals surface area contributed by atoms with Crippen LogP contribution in [-0.4, -0.2) is 44.6 Å². The van der Waals surface area contributed by atoms with Crippen LogP contribution in [0.5, 0.6) is 0 Å². The predicted molar refractivity (Wildman–Crippen MR) is 189 cm³/mol. The zero-order chi connectivity index (χ0) is 32.4. The van der Waals surface area contributed by atoms with Gasteiger partial charge in [0.2, 0.25) is 0 Å². The first-order valence-electron chi connectivity index (χ1n) is 17.5. The molecular weight excluding hydrogens is 619 g/mol. The Morgan fingerprint density at radius 2 is 1.81 bits per heavy atom. The monoisotopic (exact) mass is 659 g/mol. The molecule has 9 nitrogen and oxygen atoms in total. The van der Waals surface area contributed by atoms with Crippen LogP contribution in [0.2, 0.25) is 0 Å². The van der Waals surface area contributed by atoms with Crippen LogP contribution in [0.1, 0.15) is 73.0 Å². The fourth-order valence-electron chi connectivity index (χ4n) is 9.80. The van der Waals surface area contributed by atoms with Gasteiger partial charge < -0.3 is 15.0 Å². The smallest absolute Gasteiger partial charge is 0.338 e. The molecule has 10 heteroatoms. The first kappa shape index (κ1) is 29.8. The summed E-state index contributed by atoms with van der Waals surface area (Å²) < 4.78 is 8.79. The summed E-state index contributed by atoms with van der Waals surface area (Å²) in [5.74, 6) is 3.73. The molecular formula is C38H41N7O2S. The minimum absolute atomic E-state index is 0.310. The summed E-state index contributed by atoms with van der Waals surface area (Å²) in [5.41, 5.74) is 6.97. The van der Waals surface area contributed by atoms with Crippen LogP contribution in [-0.2, 0) is 17.7 Å². The fraction of sp³-hybridized carbons (Fsp3) is 0.447. The van der Waals surface area contributed by atoms with E-state index in [1.165, 1.54) is 52.1 Å². The van der Waals surface area contributed by atoms with E-state index in [1.807, 2.05) is 36.5 Å². The van der Waals surface area contributed by atoms with Crippen molar-refractivity contribution in [1.29, 1.82) is 0 Å². The van der Waals surface area contributed by atoms with Crippen LogP contribution in [0.4, 0.5) is 22.5 Å². The molecule has 4 aliphatic carbocycles. The molecule has 3 aromatic heterocycles. The number of hydrogen-bond donors (Lipinski definition) is 1. The molecule has 5 aliphatic rings. The summed E-state index contributed by atoms with van der Waals surface area (Å²) in [6.07, 6.45) is 13.4. The lowest BCUT2D eigenvalue weighted by Gasteiger charge is -2.48. The number of aromatic nitrogens is 5. The third kappa shape index (κ3) is 5.16. The van der Waals surface area contributed by atoms with Crippen LogP contribution in [0.3, 0.4) is 0 Å². The largest absolute Gasteiger partial charge is 0.465 e. The number of rotatable bonds is 7. The maximum Gasteiger partial charge on any atom is 0.338 e. The number of hydrogen-bond acceptors (Lipinski definition) is 9. The van der Waals surface area contributed by atoms with Crippen LogP contribution in [0.15, 0.2) is 54.7 Å². The summed E-state index contributed by atoms with van der Waals surface area (Å²) in [6, 6.07) is 16.2. The molecule has 246 valence electrons. The number of anilines is 4. The Morgan fingerprint density at radius 1 is 1.00 bits per heavy atom. The average Bonchev–Trinajstić information content (AvgIpc) is 3.60. The molecule has 2 atom stereocenters. The van der Waals surface area contributed by atoms with Crippen molar-refractivity contribution in [2.45, 2.75) is 71.3 Å². The van der Waals surface area contributed by atoms with Gasteiger partial charge in [0.25, 0.3) is 0 Å². The molecule has 48 heavy (non-hydrogen) atoms. The number of thiazole rings is 1. The van der Waals surface area contributed by atoms with E-state index >= 15 is 0 Å². The molecule has 0 saturated heterocycles. The number of para-hydroxylation sites is 1. The molecule has 1 aliphatic heterocycles. The van der Waals surface area contributed by atoms with Crippen molar-refractivity contribution in [3.63, 3.8) is 0 Å². The summed E-state index contributed by atoms with van der Waals surface area (Å²) in [4.78, 5) is 20.4. The Labute approximate surface area is 284 Å². The standard InChI is InChI=1S/C38H41N7O2S/c1-23-29(21-39-45(23)22-38-18-24-9-10-25(19-38)17-26(16-24)20-38)27-11-12-31-28(35(27)36(46)47-2)6-5-15-44(31)34-14-13-33(42-43-34)41-37-40-30-7-3-4-8-32(30)48-37/h3-4,7-8,11-14,21,24-26H,5-6,9-10,15-20,22H2,1-2H3,(H,40,41,42). The third-order valence-corrected chi connectivity index (χ3v) is 12.5. The van der Waals surface area contributed by atoms with Gasteiger partial charge >= 0.3 is 5.97 Å². The van der Waals surface area contributed by atoms with Gasteiger partial charge in [-0.15, -0.1) is 10.2 Å². The molecule has 4 saturated carbocycles. The SMILES string of the molecule is COC(=O)c1c(-c2cnn(CC34CC5CCC(CC(C5)C3)C4)c2C)ccc2c1CCCN2c1ccc(Nc2nc3ccccc3s2)nn1. The van der Waals surface area contributed by atoms with Crippen molar-refractivity contribution in [2.24, 2.45) is 23.2 Å². The molecule has 0 radical (unpaired) electrons. The number of ether oxygens (including phenoxy) is 1. The van der Waals surface area contributed by atoms with Crippen molar-refractivity contribution < 1.29 is 9.53 Å². The first-order chi connectivity index (χ1) is 23.4. The van der Waals surface area contributed by atoms with Gasteiger partial charge in [0.1, 0.15) is 0 Å². The highest BCUT2D eigenvalue weighted by atomic mass is 32.1. The summed E-state index contributed by atoms with van der Waals surface area (Å²) in [5, 5.41) is 18.1. The Morgan fingerprint density at radius 3 is 2.58 bits per heavy atom. The number of carbonyl (C=O) groups is 1. The molecule has 2 aromatic carbocycles. The second-order valence-electron chi connectivity index (χ2n) is 14.7. The van der Waals surface area contributed by atoms with E-state index in [0.29, 0.717) is 16.8 Å². The second kappa shape index (κ2) is 11.7. The number of esters is 1. The summed E-state index contributed by atoms with van der Waals surface area (Å²) in [7, 11) is 1.47. The predicted octanol–water partition coefficient (Wildman–Crippen LogP) is 8.48. The van der Waals surface area contributed by atoms with Gasteiger partial charge in [-0.1, -0.05) is 42.4 Å². The maximum absolute atomic E-state index is 13.6. The van der Waals surface area contributed by atoms with Crippen molar-refractivity contribution >= 4 is 50.0 Å². The molecule has 4 heterocycles. The van der Waals surface area contributed by atoms with Gasteiger partial charge in [0.15, 0.2) is 16.8 Å². The van der Waals surface area contributed by atoms with Crippen molar-refractivity contribution in [2.75, 3.05) is 23.9 Å². The van der Waals surface area contributed by atoms with E-state index in [1.54, 1.807) is 11.3 Å².